The first-order chi connectivity index (χ1) is 15.3. The van der Waals surface area contributed by atoms with Gasteiger partial charge in [0.15, 0.2) is 0 Å². The van der Waals surface area contributed by atoms with E-state index in [9.17, 15) is 4.39 Å². The number of halogens is 2. The Balaban J connectivity index is 1.92. The number of amidine groups is 2. The second-order valence-corrected chi connectivity index (χ2v) is 8.75. The van der Waals surface area contributed by atoms with Crippen molar-refractivity contribution in [1.82, 2.24) is 4.98 Å². The monoisotopic (exact) mass is 463 g/mol. The van der Waals surface area contributed by atoms with E-state index in [4.69, 9.17) is 27.4 Å². The van der Waals surface area contributed by atoms with E-state index < -0.39 is 11.9 Å². The maximum Gasteiger partial charge on any atom is 0.141 e. The van der Waals surface area contributed by atoms with Crippen LogP contribution in [0.4, 0.5) is 9.39 Å². The number of thiophene rings is 1. The lowest BCUT2D eigenvalue weighted by Crippen LogP contribution is -2.38. The third-order valence-corrected chi connectivity index (χ3v) is 6.46. The largest absolute Gasteiger partial charge is 0.288 e. The third kappa shape index (κ3) is 4.07. The van der Waals surface area contributed by atoms with Crippen LogP contribution in [0.5, 0.6) is 0 Å². The molecule has 32 heavy (non-hydrogen) atoms. The fraction of sp³-hybridized carbons (Fsp3) is 0.167. The van der Waals surface area contributed by atoms with Gasteiger partial charge in [0.25, 0.3) is 0 Å². The van der Waals surface area contributed by atoms with E-state index in [2.05, 4.69) is 16.8 Å². The van der Waals surface area contributed by atoms with E-state index in [0.29, 0.717) is 10.7 Å². The summed E-state index contributed by atoms with van der Waals surface area (Å²) < 4.78 is 13.1. The highest BCUT2D eigenvalue weighted by atomic mass is 35.5. The van der Waals surface area contributed by atoms with Gasteiger partial charge in [-0.1, -0.05) is 23.7 Å². The number of hydrogen-bond donors (Lipinski definition) is 2. The minimum atomic E-state index is -0.432. The van der Waals surface area contributed by atoms with E-state index in [1.54, 1.807) is 11.8 Å². The molecule has 1 aliphatic rings. The summed E-state index contributed by atoms with van der Waals surface area (Å²) in [6, 6.07) is 9.84. The highest BCUT2D eigenvalue weighted by Crippen LogP contribution is 2.40. The molecule has 0 saturated heterocycles. The number of fused-ring (bicyclic) bond motifs is 1. The lowest BCUT2D eigenvalue weighted by Gasteiger charge is -2.23. The van der Waals surface area contributed by atoms with Gasteiger partial charge in [-0.15, -0.1) is 11.3 Å². The molecular formula is C24H19ClFN5S. The molecule has 4 rings (SSSR count). The van der Waals surface area contributed by atoms with Crippen molar-refractivity contribution in [2.45, 2.75) is 26.8 Å². The molecule has 0 amide bonds. The number of rotatable bonds is 1. The van der Waals surface area contributed by atoms with E-state index in [1.165, 1.54) is 23.5 Å². The highest BCUT2D eigenvalue weighted by Gasteiger charge is 2.32. The number of aliphatic imine (C=N–C) groups is 1. The molecule has 0 fully saturated rings. The molecule has 5 nitrogen and oxygen atoms in total. The van der Waals surface area contributed by atoms with Gasteiger partial charge in [0.05, 0.1) is 16.8 Å². The summed E-state index contributed by atoms with van der Waals surface area (Å²) in [5.74, 6) is 6.16. The molecule has 3 aromatic rings. The summed E-state index contributed by atoms with van der Waals surface area (Å²) in [6.45, 7) is 5.46. The Morgan fingerprint density at radius 2 is 1.91 bits per heavy atom. The minimum Gasteiger partial charge on any atom is -0.288 e. The Morgan fingerprint density at radius 3 is 2.53 bits per heavy atom. The van der Waals surface area contributed by atoms with Crippen LogP contribution in [0.15, 0.2) is 47.6 Å². The van der Waals surface area contributed by atoms with Crippen molar-refractivity contribution in [3.05, 3.63) is 80.7 Å². The van der Waals surface area contributed by atoms with Gasteiger partial charge in [-0.05, 0) is 62.4 Å². The number of aromatic nitrogens is 1. The van der Waals surface area contributed by atoms with Crippen LogP contribution in [-0.2, 0) is 0 Å². The Kier molecular flexibility index (Phi) is 5.92. The summed E-state index contributed by atoms with van der Waals surface area (Å²) in [4.78, 5) is 11.2. The van der Waals surface area contributed by atoms with Crippen molar-refractivity contribution in [1.29, 1.82) is 10.8 Å². The van der Waals surface area contributed by atoms with E-state index in [-0.39, 0.29) is 11.7 Å². The van der Waals surface area contributed by atoms with E-state index in [1.807, 2.05) is 38.1 Å². The molecule has 1 aromatic carbocycles. The molecule has 0 aliphatic carbocycles. The fourth-order valence-corrected chi connectivity index (χ4v) is 4.75. The van der Waals surface area contributed by atoms with Gasteiger partial charge in [-0.3, -0.25) is 20.7 Å². The first-order valence-corrected chi connectivity index (χ1v) is 11.0. The topological polar surface area (TPSA) is 76.2 Å². The van der Waals surface area contributed by atoms with Crippen molar-refractivity contribution in [2.75, 3.05) is 4.90 Å². The lowest BCUT2D eigenvalue weighted by molar-refractivity contribution is 0.621. The molecule has 1 atom stereocenters. The fourth-order valence-electron chi connectivity index (χ4n) is 3.40. The van der Waals surface area contributed by atoms with Crippen molar-refractivity contribution in [2.24, 2.45) is 4.99 Å². The van der Waals surface area contributed by atoms with Crippen LogP contribution in [-0.4, -0.2) is 28.4 Å². The third-order valence-electron chi connectivity index (χ3n) is 5.01. The van der Waals surface area contributed by atoms with E-state index in [0.717, 1.165) is 38.5 Å². The molecular weight excluding hydrogens is 445 g/mol. The van der Waals surface area contributed by atoms with Gasteiger partial charge < -0.3 is 0 Å². The van der Waals surface area contributed by atoms with Gasteiger partial charge in [0.2, 0.25) is 0 Å². The van der Waals surface area contributed by atoms with Crippen molar-refractivity contribution < 1.29 is 4.39 Å². The Labute approximate surface area is 194 Å². The first kappa shape index (κ1) is 21.9. The Hall–Kier alpha value is -3.34. The highest BCUT2D eigenvalue weighted by molar-refractivity contribution is 7.17. The zero-order valence-electron chi connectivity index (χ0n) is 17.6. The molecule has 0 bridgehead atoms. The van der Waals surface area contributed by atoms with Gasteiger partial charge in [-0.2, -0.15) is 0 Å². The van der Waals surface area contributed by atoms with Gasteiger partial charge in [-0.25, -0.2) is 9.37 Å². The molecule has 160 valence electrons. The molecule has 0 radical (unpaired) electrons. The van der Waals surface area contributed by atoms with Crippen LogP contribution in [0, 0.1) is 35.4 Å². The van der Waals surface area contributed by atoms with Crippen molar-refractivity contribution in [3.63, 3.8) is 0 Å². The van der Waals surface area contributed by atoms with Crippen LogP contribution in [0.3, 0.4) is 0 Å². The number of pyridine rings is 1. The number of benzene rings is 1. The van der Waals surface area contributed by atoms with Gasteiger partial charge in [0, 0.05) is 16.1 Å². The van der Waals surface area contributed by atoms with Gasteiger partial charge in [0.1, 0.15) is 34.2 Å². The molecule has 2 aromatic heterocycles. The molecule has 1 aliphatic heterocycles. The van der Waals surface area contributed by atoms with Crippen LogP contribution in [0.25, 0.3) is 0 Å². The lowest BCUT2D eigenvalue weighted by atomic mass is 9.99. The minimum absolute atomic E-state index is 0.226. The smallest absolute Gasteiger partial charge is 0.141 e. The maximum absolute atomic E-state index is 13.1. The SMILES string of the molecule is CC(=N)N1C(=N)[C@H](C)N=C(c2ccc(Cl)cc2)c2c1sc(C#Cc1ccc(F)cn1)c2C. The predicted molar refractivity (Wildman–Crippen MR) is 129 cm³/mol. The number of nitrogens with zero attached hydrogens (tertiary/aromatic N) is 3. The number of anilines is 1. The molecule has 3 heterocycles. The Morgan fingerprint density at radius 1 is 1.19 bits per heavy atom. The van der Waals surface area contributed by atoms with Crippen LogP contribution in [0.1, 0.15) is 41.1 Å². The van der Waals surface area contributed by atoms with Crippen molar-refractivity contribution in [3.8, 4) is 11.8 Å². The first-order valence-electron chi connectivity index (χ1n) is 9.81. The molecule has 2 N–H and O–H groups in total. The van der Waals surface area contributed by atoms with Crippen LogP contribution in [0.2, 0.25) is 5.02 Å². The van der Waals surface area contributed by atoms with Crippen LogP contribution >= 0.6 is 22.9 Å². The average Bonchev–Trinajstić information content (AvgIpc) is 3.01. The van der Waals surface area contributed by atoms with E-state index >= 15 is 0 Å². The Bertz CT molecular complexity index is 1310. The standard InChI is InChI=1S/C24H19ClFN5S/c1-13-20(11-10-19-9-8-18(26)12-29-19)32-24-21(13)22(16-4-6-17(25)7-5-16)30-14(2)23(28)31(24)15(3)27/h4-9,12,14,27-28H,1-3H3/t14-/m0/s1. The van der Waals surface area contributed by atoms with Gasteiger partial charge >= 0.3 is 0 Å². The molecule has 0 spiro atoms. The molecule has 0 unspecified atom stereocenters. The second-order valence-electron chi connectivity index (χ2n) is 7.31. The molecule has 0 saturated carbocycles. The normalized spacial score (nSPS) is 15.4. The second kappa shape index (κ2) is 8.65. The summed E-state index contributed by atoms with van der Waals surface area (Å²) in [5.41, 5.74) is 3.82. The molecule has 8 heteroatoms. The quantitative estimate of drug-likeness (QED) is 0.277. The summed E-state index contributed by atoms with van der Waals surface area (Å²) in [6.07, 6.45) is 1.13. The number of nitrogens with one attached hydrogen (secondary N) is 2. The summed E-state index contributed by atoms with van der Waals surface area (Å²) in [7, 11) is 0. The maximum atomic E-state index is 13.1. The predicted octanol–water partition coefficient (Wildman–Crippen LogP) is 5.66. The van der Waals surface area contributed by atoms with Crippen LogP contribution < -0.4 is 4.90 Å². The van der Waals surface area contributed by atoms with Crippen molar-refractivity contribution >= 4 is 45.3 Å². The average molecular weight is 464 g/mol. The zero-order chi connectivity index (χ0) is 23.0. The zero-order valence-corrected chi connectivity index (χ0v) is 19.2. The summed E-state index contributed by atoms with van der Waals surface area (Å²) in [5, 5.41) is 18.3. The summed E-state index contributed by atoms with van der Waals surface area (Å²) >= 11 is 7.49. The number of hydrogen-bond acceptors (Lipinski definition) is 5.